The van der Waals surface area contributed by atoms with Gasteiger partial charge in [0, 0.05) is 13.2 Å². The second-order valence-electron chi connectivity index (χ2n) is 6.73. The molecule has 1 rings (SSSR count). The van der Waals surface area contributed by atoms with E-state index in [-0.39, 0.29) is 11.7 Å². The van der Waals surface area contributed by atoms with E-state index in [1.807, 2.05) is 26.8 Å². The van der Waals surface area contributed by atoms with Gasteiger partial charge in [0.25, 0.3) is 0 Å². The minimum absolute atomic E-state index is 0.238. The first-order valence-corrected chi connectivity index (χ1v) is 7.48. The number of rotatable bonds is 5. The fourth-order valence-corrected chi connectivity index (χ4v) is 2.35. The average molecular weight is 283 g/mol. The summed E-state index contributed by atoms with van der Waals surface area (Å²) in [6.45, 7) is 13.5. The summed E-state index contributed by atoms with van der Waals surface area (Å²) < 4.78 is 11.4. The molecule has 1 atom stereocenters. The summed E-state index contributed by atoms with van der Waals surface area (Å²) >= 11 is 0. The maximum Gasteiger partial charge on any atom is 0.410 e. The quantitative estimate of drug-likeness (QED) is 0.569. The Morgan fingerprint density at radius 2 is 2.15 bits per heavy atom. The summed E-state index contributed by atoms with van der Waals surface area (Å²) in [5.41, 5.74) is -0.702. The van der Waals surface area contributed by atoms with E-state index in [0.29, 0.717) is 13.2 Å². The molecule has 0 saturated carbocycles. The largest absolute Gasteiger partial charge is 0.444 e. The molecule has 1 amide bonds. The minimum Gasteiger partial charge on any atom is -0.444 e. The van der Waals surface area contributed by atoms with Gasteiger partial charge in [-0.2, -0.15) is 0 Å². The fraction of sp³-hybridized carbons (Fsp3) is 0.812. The van der Waals surface area contributed by atoms with Gasteiger partial charge in [-0.15, -0.1) is 6.58 Å². The Bertz CT molecular complexity index is 335. The monoisotopic (exact) mass is 283 g/mol. The molecule has 1 heterocycles. The highest BCUT2D eigenvalue weighted by Crippen LogP contribution is 2.26. The van der Waals surface area contributed by atoms with Gasteiger partial charge in [0.05, 0.1) is 12.1 Å². The number of unbranched alkanes of at least 4 members (excludes halogenated alkanes) is 1. The molecule has 0 aromatic rings. The van der Waals surface area contributed by atoms with E-state index in [9.17, 15) is 4.79 Å². The highest BCUT2D eigenvalue weighted by atomic mass is 16.6. The molecule has 20 heavy (non-hydrogen) atoms. The van der Waals surface area contributed by atoms with E-state index in [2.05, 4.69) is 13.5 Å². The SMILES string of the molecule is C=CCCCOC1(C)CCCN(C(=O)OC(C)(C)C)C1. The summed E-state index contributed by atoms with van der Waals surface area (Å²) in [6, 6.07) is 0. The molecule has 0 radical (unpaired) electrons. The van der Waals surface area contributed by atoms with Crippen LogP contribution in [0.1, 0.15) is 53.4 Å². The van der Waals surface area contributed by atoms with Gasteiger partial charge in [-0.25, -0.2) is 4.79 Å². The van der Waals surface area contributed by atoms with Crippen LogP contribution in [0.4, 0.5) is 4.79 Å². The van der Waals surface area contributed by atoms with Crippen LogP contribution < -0.4 is 0 Å². The first-order chi connectivity index (χ1) is 9.26. The molecule has 4 nitrogen and oxygen atoms in total. The lowest BCUT2D eigenvalue weighted by Crippen LogP contribution is -2.51. The van der Waals surface area contributed by atoms with E-state index in [1.165, 1.54) is 0 Å². The highest BCUT2D eigenvalue weighted by molar-refractivity contribution is 5.68. The molecule has 0 N–H and O–H groups in total. The predicted octanol–water partition coefficient (Wildman–Crippen LogP) is 3.76. The normalized spacial score (nSPS) is 23.5. The molecule has 0 spiro atoms. The third-order valence-electron chi connectivity index (χ3n) is 3.31. The van der Waals surface area contributed by atoms with Crippen LogP contribution in [0.5, 0.6) is 0 Å². The second-order valence-corrected chi connectivity index (χ2v) is 6.73. The zero-order valence-corrected chi connectivity index (χ0v) is 13.4. The molecule has 4 heteroatoms. The molecule has 0 aliphatic carbocycles. The van der Waals surface area contributed by atoms with E-state index >= 15 is 0 Å². The number of ether oxygens (including phenoxy) is 2. The van der Waals surface area contributed by atoms with E-state index < -0.39 is 5.60 Å². The summed E-state index contributed by atoms with van der Waals surface area (Å²) in [5, 5.41) is 0. The van der Waals surface area contributed by atoms with Crippen molar-refractivity contribution in [1.29, 1.82) is 0 Å². The molecule has 0 aromatic carbocycles. The van der Waals surface area contributed by atoms with Gasteiger partial charge < -0.3 is 14.4 Å². The van der Waals surface area contributed by atoms with E-state index in [0.717, 1.165) is 32.2 Å². The number of piperidine rings is 1. The molecular weight excluding hydrogens is 254 g/mol. The summed E-state index contributed by atoms with van der Waals surface area (Å²) in [5.74, 6) is 0. The van der Waals surface area contributed by atoms with Gasteiger partial charge in [0.2, 0.25) is 0 Å². The Balaban J connectivity index is 2.48. The van der Waals surface area contributed by atoms with Crippen LogP contribution in [0, 0.1) is 0 Å². The highest BCUT2D eigenvalue weighted by Gasteiger charge is 2.35. The predicted molar refractivity (Wildman–Crippen MR) is 80.8 cm³/mol. The van der Waals surface area contributed by atoms with Crippen molar-refractivity contribution >= 4 is 6.09 Å². The molecule has 0 aromatic heterocycles. The number of likely N-dealkylation sites (tertiary alicyclic amines) is 1. The Kier molecular flexibility index (Phi) is 6.06. The number of hydrogen-bond donors (Lipinski definition) is 0. The number of nitrogens with zero attached hydrogens (tertiary/aromatic N) is 1. The summed E-state index contributed by atoms with van der Waals surface area (Å²) in [4.78, 5) is 13.9. The lowest BCUT2D eigenvalue weighted by atomic mass is 9.95. The Labute approximate surface area is 123 Å². The zero-order chi connectivity index (χ0) is 15.2. The lowest BCUT2D eigenvalue weighted by Gasteiger charge is -2.40. The molecule has 1 aliphatic heterocycles. The van der Waals surface area contributed by atoms with Crippen LogP contribution in [0.2, 0.25) is 0 Å². The van der Waals surface area contributed by atoms with Crippen molar-refractivity contribution in [3.63, 3.8) is 0 Å². The maximum absolute atomic E-state index is 12.1. The van der Waals surface area contributed by atoms with Crippen LogP contribution >= 0.6 is 0 Å². The summed E-state index contributed by atoms with van der Waals surface area (Å²) in [6.07, 6.45) is 5.55. The molecule has 0 bridgehead atoms. The van der Waals surface area contributed by atoms with Crippen LogP contribution in [-0.4, -0.2) is 41.9 Å². The van der Waals surface area contributed by atoms with Gasteiger partial charge >= 0.3 is 6.09 Å². The van der Waals surface area contributed by atoms with Gasteiger partial charge in [-0.1, -0.05) is 6.08 Å². The van der Waals surface area contributed by atoms with Crippen molar-refractivity contribution < 1.29 is 14.3 Å². The van der Waals surface area contributed by atoms with Crippen LogP contribution in [0.3, 0.4) is 0 Å². The minimum atomic E-state index is -0.449. The van der Waals surface area contributed by atoms with Crippen molar-refractivity contribution in [3.05, 3.63) is 12.7 Å². The molecular formula is C16H29NO3. The van der Waals surface area contributed by atoms with Crippen molar-refractivity contribution in [2.24, 2.45) is 0 Å². The smallest absolute Gasteiger partial charge is 0.410 e. The van der Waals surface area contributed by atoms with Crippen molar-refractivity contribution in [2.45, 2.75) is 64.6 Å². The topological polar surface area (TPSA) is 38.8 Å². The third-order valence-corrected chi connectivity index (χ3v) is 3.31. The van der Waals surface area contributed by atoms with Crippen LogP contribution in [0.25, 0.3) is 0 Å². The Hall–Kier alpha value is -1.03. The molecule has 1 fully saturated rings. The second kappa shape index (κ2) is 7.11. The number of amides is 1. The first-order valence-electron chi connectivity index (χ1n) is 7.48. The first kappa shape index (κ1) is 17.0. The van der Waals surface area contributed by atoms with E-state index in [4.69, 9.17) is 9.47 Å². The maximum atomic E-state index is 12.1. The van der Waals surface area contributed by atoms with Gasteiger partial charge in [-0.3, -0.25) is 0 Å². The standard InChI is InChI=1S/C16H29NO3/c1-6-7-8-12-19-16(5)10-9-11-17(13-16)14(18)20-15(2,3)4/h6H,1,7-13H2,2-5H3. The number of carbonyl (C=O) groups excluding carboxylic acids is 1. The number of allylic oxidation sites excluding steroid dienone is 1. The van der Waals surface area contributed by atoms with Gasteiger partial charge in [0.15, 0.2) is 0 Å². The van der Waals surface area contributed by atoms with Gasteiger partial charge in [0.1, 0.15) is 5.60 Å². The lowest BCUT2D eigenvalue weighted by molar-refractivity contribution is -0.0801. The summed E-state index contributed by atoms with van der Waals surface area (Å²) in [7, 11) is 0. The van der Waals surface area contributed by atoms with E-state index in [1.54, 1.807) is 4.90 Å². The molecule has 116 valence electrons. The number of carbonyl (C=O) groups is 1. The van der Waals surface area contributed by atoms with Crippen LogP contribution in [-0.2, 0) is 9.47 Å². The third kappa shape index (κ3) is 5.95. The van der Waals surface area contributed by atoms with Crippen molar-refractivity contribution in [1.82, 2.24) is 4.90 Å². The molecule has 1 aliphatic rings. The number of hydrogen-bond acceptors (Lipinski definition) is 3. The van der Waals surface area contributed by atoms with Crippen LogP contribution in [0.15, 0.2) is 12.7 Å². The Morgan fingerprint density at radius 3 is 2.75 bits per heavy atom. The fourth-order valence-electron chi connectivity index (χ4n) is 2.35. The zero-order valence-electron chi connectivity index (χ0n) is 13.4. The average Bonchev–Trinajstić information content (AvgIpc) is 2.33. The Morgan fingerprint density at radius 1 is 1.45 bits per heavy atom. The van der Waals surface area contributed by atoms with Crippen molar-refractivity contribution in [3.8, 4) is 0 Å². The van der Waals surface area contributed by atoms with Gasteiger partial charge in [-0.05, 0) is 53.4 Å². The van der Waals surface area contributed by atoms with Crippen molar-refractivity contribution in [2.75, 3.05) is 19.7 Å². The molecule has 1 saturated heterocycles. The molecule has 1 unspecified atom stereocenters.